The van der Waals surface area contributed by atoms with Crippen LogP contribution in [0.5, 0.6) is 0 Å². The van der Waals surface area contributed by atoms with Crippen LogP contribution in [0.2, 0.25) is 0 Å². The lowest BCUT2D eigenvalue weighted by atomic mass is 10.0. The molecule has 0 radical (unpaired) electrons. The zero-order chi connectivity index (χ0) is 15.6. The number of benzene rings is 1. The molecule has 2 N–H and O–H groups in total. The monoisotopic (exact) mass is 299 g/mol. The summed E-state index contributed by atoms with van der Waals surface area (Å²) in [6.45, 7) is 0. The molecule has 0 bridgehead atoms. The second-order valence-electron chi connectivity index (χ2n) is 4.72. The molecule has 21 heavy (non-hydrogen) atoms. The molecule has 0 aliphatic heterocycles. The second-order valence-corrected chi connectivity index (χ2v) is 4.72. The van der Waals surface area contributed by atoms with E-state index in [1.807, 2.05) is 0 Å². The van der Waals surface area contributed by atoms with Crippen molar-refractivity contribution in [3.05, 3.63) is 41.0 Å². The van der Waals surface area contributed by atoms with Crippen molar-refractivity contribution in [1.29, 1.82) is 0 Å². The van der Waals surface area contributed by atoms with Crippen LogP contribution in [-0.4, -0.2) is 23.0 Å². The van der Waals surface area contributed by atoms with Crippen LogP contribution in [0.25, 0.3) is 6.08 Å². The largest absolute Gasteiger partial charge is 0.478 e. The molecule has 2 rings (SSSR count). The Morgan fingerprint density at radius 1 is 1.29 bits per heavy atom. The van der Waals surface area contributed by atoms with Crippen LogP contribution < -0.4 is 5.32 Å². The normalized spacial score (nSPS) is 15.2. The predicted molar refractivity (Wildman–Crippen MR) is 68.6 cm³/mol. The molecule has 1 amide bonds. The molecule has 4 nitrogen and oxygen atoms in total. The van der Waals surface area contributed by atoms with Crippen molar-refractivity contribution in [2.24, 2.45) is 0 Å². The van der Waals surface area contributed by atoms with E-state index < -0.39 is 29.2 Å². The summed E-state index contributed by atoms with van der Waals surface area (Å²) in [5.74, 6) is -2.03. The summed E-state index contributed by atoms with van der Waals surface area (Å²) in [4.78, 5) is 22.2. The molecule has 1 saturated carbocycles. The first-order valence-corrected chi connectivity index (χ1v) is 6.20. The molecule has 7 heteroatoms. The molecule has 0 heterocycles. The standard InChI is InChI=1S/C14H12F3NO3/c15-14(16,17)11-7-8(2-6-12(19)20)1-5-10(11)13(21)18-9-3-4-9/h1-2,5-7,9H,3-4H2,(H,18,21)(H,19,20)/b6-2-. The lowest BCUT2D eigenvalue weighted by molar-refractivity contribution is -0.138. The highest BCUT2D eigenvalue weighted by molar-refractivity contribution is 5.96. The molecule has 1 aromatic carbocycles. The predicted octanol–water partition coefficient (Wildman–Crippen LogP) is 2.70. The molecule has 1 fully saturated rings. The molecule has 1 aliphatic carbocycles. The third-order valence-electron chi connectivity index (χ3n) is 2.92. The summed E-state index contributed by atoms with van der Waals surface area (Å²) in [5, 5.41) is 11.0. The number of carboxylic acids is 1. The Morgan fingerprint density at radius 2 is 1.95 bits per heavy atom. The van der Waals surface area contributed by atoms with Gasteiger partial charge in [-0.2, -0.15) is 13.2 Å². The average Bonchev–Trinajstić information content (AvgIpc) is 3.18. The summed E-state index contributed by atoms with van der Waals surface area (Å²) < 4.78 is 39.1. The molecular weight excluding hydrogens is 287 g/mol. The minimum Gasteiger partial charge on any atom is -0.478 e. The number of hydrogen-bond acceptors (Lipinski definition) is 2. The van der Waals surface area contributed by atoms with E-state index in [0.29, 0.717) is 0 Å². The van der Waals surface area contributed by atoms with Gasteiger partial charge in [0.15, 0.2) is 0 Å². The first-order chi connectivity index (χ1) is 9.77. The molecular formula is C14H12F3NO3. The summed E-state index contributed by atoms with van der Waals surface area (Å²) in [6.07, 6.45) is -1.37. The quantitative estimate of drug-likeness (QED) is 0.840. The van der Waals surface area contributed by atoms with E-state index >= 15 is 0 Å². The zero-order valence-corrected chi connectivity index (χ0v) is 10.8. The molecule has 1 aromatic rings. The molecule has 0 unspecified atom stereocenters. The van der Waals surface area contributed by atoms with Crippen LogP contribution in [0, 0.1) is 0 Å². The molecule has 0 atom stereocenters. The van der Waals surface area contributed by atoms with Crippen molar-refractivity contribution in [3.8, 4) is 0 Å². The molecule has 0 aromatic heterocycles. The van der Waals surface area contributed by atoms with E-state index in [4.69, 9.17) is 5.11 Å². The van der Waals surface area contributed by atoms with Crippen LogP contribution in [0.4, 0.5) is 13.2 Å². The fourth-order valence-electron chi connectivity index (χ4n) is 1.76. The van der Waals surface area contributed by atoms with Gasteiger partial charge in [0, 0.05) is 12.1 Å². The van der Waals surface area contributed by atoms with Crippen molar-refractivity contribution in [2.75, 3.05) is 0 Å². The van der Waals surface area contributed by atoms with Crippen LogP contribution in [0.1, 0.15) is 34.3 Å². The Bertz CT molecular complexity index is 604. The Balaban J connectivity index is 2.35. The number of carbonyl (C=O) groups is 2. The molecule has 112 valence electrons. The van der Waals surface area contributed by atoms with E-state index in [-0.39, 0.29) is 11.6 Å². The highest BCUT2D eigenvalue weighted by Gasteiger charge is 2.36. The van der Waals surface area contributed by atoms with Gasteiger partial charge < -0.3 is 10.4 Å². The number of halogens is 3. The minimum atomic E-state index is -4.69. The van der Waals surface area contributed by atoms with Gasteiger partial charge >= 0.3 is 12.1 Å². The average molecular weight is 299 g/mol. The lowest BCUT2D eigenvalue weighted by Gasteiger charge is -2.13. The maximum absolute atomic E-state index is 13.0. The van der Waals surface area contributed by atoms with Crippen molar-refractivity contribution < 1.29 is 27.9 Å². The van der Waals surface area contributed by atoms with Crippen LogP contribution in [0.3, 0.4) is 0 Å². The van der Waals surface area contributed by atoms with Gasteiger partial charge in [-0.05, 0) is 36.6 Å². The van der Waals surface area contributed by atoms with Crippen molar-refractivity contribution in [2.45, 2.75) is 25.1 Å². The van der Waals surface area contributed by atoms with E-state index in [2.05, 4.69) is 5.32 Å². The van der Waals surface area contributed by atoms with Crippen molar-refractivity contribution in [3.63, 3.8) is 0 Å². The lowest BCUT2D eigenvalue weighted by Crippen LogP contribution is -2.28. The first-order valence-electron chi connectivity index (χ1n) is 6.20. The van der Waals surface area contributed by atoms with E-state index in [1.54, 1.807) is 0 Å². The molecule has 0 spiro atoms. The number of carboxylic acid groups (broad SMARTS) is 1. The van der Waals surface area contributed by atoms with Crippen LogP contribution >= 0.6 is 0 Å². The number of carbonyl (C=O) groups excluding carboxylic acids is 1. The highest BCUT2D eigenvalue weighted by Crippen LogP contribution is 2.33. The number of nitrogens with one attached hydrogen (secondary N) is 1. The van der Waals surface area contributed by atoms with E-state index in [9.17, 15) is 22.8 Å². The van der Waals surface area contributed by atoms with E-state index in [0.717, 1.165) is 37.1 Å². The van der Waals surface area contributed by atoms with Gasteiger partial charge in [-0.15, -0.1) is 0 Å². The maximum atomic E-state index is 13.0. The first kappa shape index (κ1) is 15.1. The van der Waals surface area contributed by atoms with Gasteiger partial charge in [0.2, 0.25) is 0 Å². The van der Waals surface area contributed by atoms with Gasteiger partial charge in [0.25, 0.3) is 5.91 Å². The van der Waals surface area contributed by atoms with Crippen molar-refractivity contribution >= 4 is 18.0 Å². The maximum Gasteiger partial charge on any atom is 0.417 e. The third kappa shape index (κ3) is 4.08. The van der Waals surface area contributed by atoms with Gasteiger partial charge in [0.05, 0.1) is 11.1 Å². The fraction of sp³-hybridized carbons (Fsp3) is 0.286. The Hall–Kier alpha value is -2.31. The third-order valence-corrected chi connectivity index (χ3v) is 2.92. The topological polar surface area (TPSA) is 66.4 Å². The number of rotatable bonds is 4. The molecule has 1 aliphatic rings. The number of alkyl halides is 3. The van der Waals surface area contributed by atoms with Crippen molar-refractivity contribution in [1.82, 2.24) is 5.32 Å². The SMILES string of the molecule is O=C(O)/C=C\c1ccc(C(=O)NC2CC2)c(C(F)(F)F)c1. The molecule has 0 saturated heterocycles. The number of aliphatic carboxylic acids is 1. The number of amides is 1. The Morgan fingerprint density at radius 3 is 2.48 bits per heavy atom. The van der Waals surface area contributed by atoms with Crippen LogP contribution in [-0.2, 0) is 11.0 Å². The van der Waals surface area contributed by atoms with Crippen LogP contribution in [0.15, 0.2) is 24.3 Å². The Kier molecular flexibility index (Phi) is 4.02. The number of hydrogen-bond donors (Lipinski definition) is 2. The zero-order valence-electron chi connectivity index (χ0n) is 10.8. The second kappa shape index (κ2) is 5.59. The highest BCUT2D eigenvalue weighted by atomic mass is 19.4. The summed E-state index contributed by atoms with van der Waals surface area (Å²) in [6, 6.07) is 3.05. The summed E-state index contributed by atoms with van der Waals surface area (Å²) in [7, 11) is 0. The van der Waals surface area contributed by atoms with Gasteiger partial charge in [-0.3, -0.25) is 4.79 Å². The summed E-state index contributed by atoms with van der Waals surface area (Å²) in [5.41, 5.74) is -1.47. The van der Waals surface area contributed by atoms with Gasteiger partial charge in [-0.25, -0.2) is 4.79 Å². The van der Waals surface area contributed by atoms with E-state index in [1.165, 1.54) is 6.07 Å². The fourth-order valence-corrected chi connectivity index (χ4v) is 1.76. The summed E-state index contributed by atoms with van der Waals surface area (Å²) >= 11 is 0. The minimum absolute atomic E-state index is 0.0508. The van der Waals surface area contributed by atoms with Gasteiger partial charge in [0.1, 0.15) is 0 Å². The smallest absolute Gasteiger partial charge is 0.417 e. The Labute approximate surface area is 118 Å². The van der Waals surface area contributed by atoms with Gasteiger partial charge in [-0.1, -0.05) is 6.07 Å².